The van der Waals surface area contributed by atoms with Crippen LogP contribution in [-0.4, -0.2) is 34.8 Å². The molecule has 1 rings (SSSR count). The lowest BCUT2D eigenvalue weighted by Gasteiger charge is -2.19. The Morgan fingerprint density at radius 3 is 3.00 bits per heavy atom. The van der Waals surface area contributed by atoms with E-state index in [1.54, 1.807) is 19.2 Å². The van der Waals surface area contributed by atoms with Crippen LogP contribution in [0, 0.1) is 0 Å². The van der Waals surface area contributed by atoms with Gasteiger partial charge in [-0.05, 0) is 13.0 Å². The maximum absolute atomic E-state index is 9.19. The average molecular weight is 197 g/mol. The summed E-state index contributed by atoms with van der Waals surface area (Å²) in [5.74, 6) is 6.25. The molecule has 0 spiro atoms. The number of hydrogen-bond acceptors (Lipinski definition) is 6. The number of nitrogen functional groups attached to an aromatic ring is 1. The maximum Gasteiger partial charge on any atom is 0.239 e. The van der Waals surface area contributed by atoms with E-state index < -0.39 is 6.10 Å². The SMILES string of the molecule is CC(O)CN(C)c1ccnc(NN)n1. The number of aliphatic hydroxyl groups excluding tert-OH is 1. The van der Waals surface area contributed by atoms with Crippen LogP contribution in [0.4, 0.5) is 11.8 Å². The van der Waals surface area contributed by atoms with E-state index in [0.29, 0.717) is 18.3 Å². The van der Waals surface area contributed by atoms with Crippen LogP contribution in [0.25, 0.3) is 0 Å². The van der Waals surface area contributed by atoms with Crippen molar-refractivity contribution in [1.29, 1.82) is 0 Å². The summed E-state index contributed by atoms with van der Waals surface area (Å²) in [5.41, 5.74) is 2.36. The summed E-state index contributed by atoms with van der Waals surface area (Å²) in [4.78, 5) is 9.82. The molecular weight excluding hydrogens is 182 g/mol. The van der Waals surface area contributed by atoms with Crippen LogP contribution in [0.2, 0.25) is 0 Å². The van der Waals surface area contributed by atoms with Crippen molar-refractivity contribution in [3.63, 3.8) is 0 Å². The molecule has 6 heteroatoms. The van der Waals surface area contributed by atoms with Crippen LogP contribution in [0.3, 0.4) is 0 Å². The predicted octanol–water partition coefficient (Wildman–Crippen LogP) is -0.421. The molecule has 1 heterocycles. The van der Waals surface area contributed by atoms with Crippen LogP contribution < -0.4 is 16.2 Å². The van der Waals surface area contributed by atoms with Crippen LogP contribution in [0.1, 0.15) is 6.92 Å². The quantitative estimate of drug-likeness (QED) is 0.449. The zero-order valence-corrected chi connectivity index (χ0v) is 8.31. The predicted molar refractivity (Wildman–Crippen MR) is 54.8 cm³/mol. The molecule has 14 heavy (non-hydrogen) atoms. The van der Waals surface area contributed by atoms with E-state index in [9.17, 15) is 5.11 Å². The molecule has 1 unspecified atom stereocenters. The summed E-state index contributed by atoms with van der Waals surface area (Å²) in [7, 11) is 1.84. The molecule has 0 saturated carbocycles. The molecule has 0 aromatic carbocycles. The lowest BCUT2D eigenvalue weighted by atomic mass is 10.4. The van der Waals surface area contributed by atoms with Gasteiger partial charge in [-0.1, -0.05) is 0 Å². The van der Waals surface area contributed by atoms with Crippen LogP contribution in [0.5, 0.6) is 0 Å². The number of rotatable bonds is 4. The maximum atomic E-state index is 9.19. The number of anilines is 2. The minimum absolute atomic E-state index is 0.361. The van der Waals surface area contributed by atoms with E-state index >= 15 is 0 Å². The van der Waals surface area contributed by atoms with Gasteiger partial charge in [0, 0.05) is 19.8 Å². The number of likely N-dealkylation sites (N-methyl/N-ethyl adjacent to an activating group) is 1. The molecule has 0 amide bonds. The van der Waals surface area contributed by atoms with Gasteiger partial charge in [-0.25, -0.2) is 10.8 Å². The number of nitrogens with one attached hydrogen (secondary N) is 1. The standard InChI is InChI=1S/C8H15N5O/c1-6(14)5-13(2)7-3-4-10-8(11-7)12-9/h3-4,6,14H,5,9H2,1-2H3,(H,10,11,12). The van der Waals surface area contributed by atoms with Gasteiger partial charge in [-0.2, -0.15) is 4.98 Å². The van der Waals surface area contributed by atoms with Crippen LogP contribution in [-0.2, 0) is 0 Å². The lowest BCUT2D eigenvalue weighted by Crippen LogP contribution is -2.28. The first-order valence-corrected chi connectivity index (χ1v) is 4.32. The second kappa shape index (κ2) is 4.73. The first-order chi connectivity index (χ1) is 6.63. The molecule has 0 saturated heterocycles. The summed E-state index contributed by atoms with van der Waals surface area (Å²) in [6.07, 6.45) is 1.21. The third-order valence-electron chi connectivity index (χ3n) is 1.70. The fourth-order valence-corrected chi connectivity index (χ4v) is 1.12. The Hall–Kier alpha value is -1.40. The molecule has 0 aliphatic heterocycles. The van der Waals surface area contributed by atoms with Gasteiger partial charge in [0.1, 0.15) is 5.82 Å². The molecular formula is C8H15N5O. The van der Waals surface area contributed by atoms with Crippen molar-refractivity contribution in [3.8, 4) is 0 Å². The normalized spacial score (nSPS) is 12.3. The first-order valence-electron chi connectivity index (χ1n) is 4.32. The number of hydrazine groups is 1. The van der Waals surface area contributed by atoms with E-state index in [1.165, 1.54) is 0 Å². The van der Waals surface area contributed by atoms with Gasteiger partial charge < -0.3 is 10.0 Å². The Morgan fingerprint density at radius 1 is 1.71 bits per heavy atom. The number of nitrogens with zero attached hydrogens (tertiary/aromatic N) is 3. The van der Waals surface area contributed by atoms with Crippen LogP contribution >= 0.6 is 0 Å². The van der Waals surface area contributed by atoms with Crippen molar-refractivity contribution >= 4 is 11.8 Å². The highest BCUT2D eigenvalue weighted by molar-refractivity contribution is 5.41. The van der Waals surface area contributed by atoms with Crippen molar-refractivity contribution in [3.05, 3.63) is 12.3 Å². The molecule has 1 atom stereocenters. The molecule has 1 aromatic heterocycles. The molecule has 78 valence electrons. The van der Waals surface area contributed by atoms with Gasteiger partial charge >= 0.3 is 0 Å². The fraction of sp³-hybridized carbons (Fsp3) is 0.500. The topological polar surface area (TPSA) is 87.3 Å². The Morgan fingerprint density at radius 2 is 2.43 bits per heavy atom. The van der Waals surface area contributed by atoms with E-state index in [4.69, 9.17) is 5.84 Å². The summed E-state index contributed by atoms with van der Waals surface area (Å²) in [6, 6.07) is 1.75. The lowest BCUT2D eigenvalue weighted by molar-refractivity contribution is 0.201. The molecule has 0 radical (unpaired) electrons. The van der Waals surface area contributed by atoms with Gasteiger partial charge in [0.2, 0.25) is 5.95 Å². The minimum Gasteiger partial charge on any atom is -0.392 e. The molecule has 0 bridgehead atoms. The Balaban J connectivity index is 2.73. The van der Waals surface area contributed by atoms with Gasteiger partial charge in [0.15, 0.2) is 0 Å². The van der Waals surface area contributed by atoms with Crippen molar-refractivity contribution < 1.29 is 5.11 Å². The number of aromatic nitrogens is 2. The second-order valence-electron chi connectivity index (χ2n) is 3.11. The van der Waals surface area contributed by atoms with Crippen molar-refractivity contribution in [2.24, 2.45) is 5.84 Å². The summed E-state index contributed by atoms with van der Waals surface area (Å²) >= 11 is 0. The van der Waals surface area contributed by atoms with Crippen molar-refractivity contribution in [1.82, 2.24) is 9.97 Å². The molecule has 4 N–H and O–H groups in total. The van der Waals surface area contributed by atoms with E-state index in [2.05, 4.69) is 15.4 Å². The molecule has 6 nitrogen and oxygen atoms in total. The Labute approximate surface area is 82.7 Å². The van der Waals surface area contributed by atoms with Gasteiger partial charge in [-0.15, -0.1) is 0 Å². The smallest absolute Gasteiger partial charge is 0.239 e. The first kappa shape index (κ1) is 10.7. The number of aliphatic hydroxyl groups is 1. The van der Waals surface area contributed by atoms with Gasteiger partial charge in [0.05, 0.1) is 6.10 Å². The highest BCUT2D eigenvalue weighted by atomic mass is 16.3. The monoisotopic (exact) mass is 197 g/mol. The van der Waals surface area contributed by atoms with E-state index in [1.807, 2.05) is 11.9 Å². The molecule has 0 fully saturated rings. The molecule has 0 aliphatic carbocycles. The van der Waals surface area contributed by atoms with E-state index in [-0.39, 0.29) is 0 Å². The van der Waals surface area contributed by atoms with Gasteiger partial charge in [-0.3, -0.25) is 5.43 Å². The third kappa shape index (κ3) is 2.82. The Bertz CT molecular complexity index is 291. The average Bonchev–Trinajstić information content (AvgIpc) is 2.17. The summed E-state index contributed by atoms with van der Waals surface area (Å²) in [5, 5.41) is 9.19. The number of nitrogens with two attached hydrogens (primary N) is 1. The van der Waals surface area contributed by atoms with Crippen molar-refractivity contribution in [2.45, 2.75) is 13.0 Å². The zero-order valence-electron chi connectivity index (χ0n) is 8.31. The van der Waals surface area contributed by atoms with Crippen LogP contribution in [0.15, 0.2) is 12.3 Å². The fourth-order valence-electron chi connectivity index (χ4n) is 1.12. The summed E-state index contributed by atoms with van der Waals surface area (Å²) in [6.45, 7) is 2.24. The largest absolute Gasteiger partial charge is 0.392 e. The zero-order chi connectivity index (χ0) is 10.6. The summed E-state index contributed by atoms with van der Waals surface area (Å²) < 4.78 is 0. The minimum atomic E-state index is -0.399. The highest BCUT2D eigenvalue weighted by Gasteiger charge is 2.06. The highest BCUT2D eigenvalue weighted by Crippen LogP contribution is 2.09. The molecule has 0 aliphatic rings. The van der Waals surface area contributed by atoms with Crippen molar-refractivity contribution in [2.75, 3.05) is 23.9 Å². The second-order valence-corrected chi connectivity index (χ2v) is 3.11. The Kier molecular flexibility index (Phi) is 3.61. The number of hydrogen-bond donors (Lipinski definition) is 3. The van der Waals surface area contributed by atoms with E-state index in [0.717, 1.165) is 0 Å². The van der Waals surface area contributed by atoms with Gasteiger partial charge in [0.25, 0.3) is 0 Å². The molecule has 1 aromatic rings. The third-order valence-corrected chi connectivity index (χ3v) is 1.70.